The largest absolute Gasteiger partial charge is 0.192 e. The second-order valence-corrected chi connectivity index (χ2v) is 4.23. The Labute approximate surface area is 74.4 Å². The van der Waals surface area contributed by atoms with Gasteiger partial charge in [0.1, 0.15) is 0 Å². The van der Waals surface area contributed by atoms with Crippen molar-refractivity contribution in [3.63, 3.8) is 0 Å². The molecule has 0 saturated carbocycles. The quantitative estimate of drug-likeness (QED) is 0.535. The molecule has 1 heteroatoms. The Kier molecular flexibility index (Phi) is 2.38. The van der Waals surface area contributed by atoms with Crippen molar-refractivity contribution in [2.24, 2.45) is 5.41 Å². The summed E-state index contributed by atoms with van der Waals surface area (Å²) in [7, 11) is 0. The van der Waals surface area contributed by atoms with E-state index in [9.17, 15) is 0 Å². The van der Waals surface area contributed by atoms with Gasteiger partial charge in [0.2, 0.25) is 0 Å². The Morgan fingerprint density at radius 3 is 2.58 bits per heavy atom. The molecule has 1 rings (SSSR count). The molecule has 0 radical (unpaired) electrons. The molecule has 0 saturated heterocycles. The van der Waals surface area contributed by atoms with Gasteiger partial charge in [-0.2, -0.15) is 5.26 Å². The fourth-order valence-electron chi connectivity index (χ4n) is 1.37. The van der Waals surface area contributed by atoms with Crippen molar-refractivity contribution in [1.82, 2.24) is 0 Å². The molecular formula is C11H15N. The molecule has 0 fully saturated rings. The molecule has 0 bridgehead atoms. The smallest absolute Gasteiger partial charge is 0.0988 e. The number of allylic oxidation sites excluding steroid dienone is 4. The van der Waals surface area contributed by atoms with Crippen LogP contribution in [0.1, 0.15) is 33.6 Å². The zero-order valence-corrected chi connectivity index (χ0v) is 8.02. The SMILES string of the molecule is CC(C)(C)C1=CC(C#N)=CCC1. The van der Waals surface area contributed by atoms with Crippen molar-refractivity contribution >= 4 is 0 Å². The third-order valence-corrected chi connectivity index (χ3v) is 2.20. The fourth-order valence-corrected chi connectivity index (χ4v) is 1.37. The maximum atomic E-state index is 8.71. The third-order valence-electron chi connectivity index (χ3n) is 2.20. The first-order valence-electron chi connectivity index (χ1n) is 4.35. The summed E-state index contributed by atoms with van der Waals surface area (Å²) in [6.45, 7) is 6.58. The van der Waals surface area contributed by atoms with Gasteiger partial charge in [0.05, 0.1) is 6.07 Å². The van der Waals surface area contributed by atoms with Crippen LogP contribution in [-0.4, -0.2) is 0 Å². The van der Waals surface area contributed by atoms with Crippen molar-refractivity contribution in [2.75, 3.05) is 0 Å². The average Bonchev–Trinajstić information content (AvgIpc) is 2.03. The molecule has 0 aliphatic heterocycles. The Balaban J connectivity index is 2.89. The predicted molar refractivity (Wildman–Crippen MR) is 50.5 cm³/mol. The maximum Gasteiger partial charge on any atom is 0.0988 e. The van der Waals surface area contributed by atoms with Gasteiger partial charge in [0.15, 0.2) is 0 Å². The van der Waals surface area contributed by atoms with Crippen molar-refractivity contribution in [3.05, 3.63) is 23.3 Å². The zero-order valence-electron chi connectivity index (χ0n) is 8.02. The Hall–Kier alpha value is -1.03. The van der Waals surface area contributed by atoms with Crippen molar-refractivity contribution in [3.8, 4) is 6.07 Å². The van der Waals surface area contributed by atoms with E-state index in [1.807, 2.05) is 12.2 Å². The summed E-state index contributed by atoms with van der Waals surface area (Å²) < 4.78 is 0. The van der Waals surface area contributed by atoms with E-state index in [4.69, 9.17) is 5.26 Å². The van der Waals surface area contributed by atoms with E-state index in [0.717, 1.165) is 18.4 Å². The normalized spacial score (nSPS) is 17.8. The van der Waals surface area contributed by atoms with Crippen LogP contribution in [0.15, 0.2) is 23.3 Å². The van der Waals surface area contributed by atoms with Crippen LogP contribution in [-0.2, 0) is 0 Å². The summed E-state index contributed by atoms with van der Waals surface area (Å²) in [5.74, 6) is 0. The molecule has 0 aromatic rings. The molecule has 64 valence electrons. The summed E-state index contributed by atoms with van der Waals surface area (Å²) in [6, 6.07) is 2.19. The average molecular weight is 161 g/mol. The van der Waals surface area contributed by atoms with Crippen LogP contribution in [0.4, 0.5) is 0 Å². The van der Waals surface area contributed by atoms with Crippen LogP contribution in [0.2, 0.25) is 0 Å². The van der Waals surface area contributed by atoms with E-state index >= 15 is 0 Å². The van der Waals surface area contributed by atoms with E-state index in [2.05, 4.69) is 26.8 Å². The first-order valence-corrected chi connectivity index (χ1v) is 4.35. The molecule has 0 N–H and O–H groups in total. The lowest BCUT2D eigenvalue weighted by atomic mass is 9.81. The van der Waals surface area contributed by atoms with E-state index < -0.39 is 0 Å². The van der Waals surface area contributed by atoms with Gasteiger partial charge < -0.3 is 0 Å². The monoisotopic (exact) mass is 161 g/mol. The molecule has 1 aliphatic carbocycles. The lowest BCUT2D eigenvalue weighted by Crippen LogP contribution is -2.11. The highest BCUT2D eigenvalue weighted by Gasteiger charge is 2.18. The van der Waals surface area contributed by atoms with E-state index in [-0.39, 0.29) is 5.41 Å². The Morgan fingerprint density at radius 1 is 1.42 bits per heavy atom. The van der Waals surface area contributed by atoms with Crippen LogP contribution in [0.25, 0.3) is 0 Å². The van der Waals surface area contributed by atoms with Gasteiger partial charge in [0.25, 0.3) is 0 Å². The van der Waals surface area contributed by atoms with Gasteiger partial charge in [-0.15, -0.1) is 0 Å². The highest BCUT2D eigenvalue weighted by molar-refractivity contribution is 5.39. The van der Waals surface area contributed by atoms with Crippen LogP contribution < -0.4 is 0 Å². The second-order valence-electron chi connectivity index (χ2n) is 4.23. The highest BCUT2D eigenvalue weighted by atomic mass is 14.3. The summed E-state index contributed by atoms with van der Waals surface area (Å²) >= 11 is 0. The number of rotatable bonds is 0. The number of hydrogen-bond donors (Lipinski definition) is 0. The molecule has 1 aliphatic rings. The molecule has 12 heavy (non-hydrogen) atoms. The molecule has 0 unspecified atom stereocenters. The van der Waals surface area contributed by atoms with Gasteiger partial charge >= 0.3 is 0 Å². The number of nitrogens with zero attached hydrogens (tertiary/aromatic N) is 1. The Morgan fingerprint density at radius 2 is 2.08 bits per heavy atom. The van der Waals surface area contributed by atoms with E-state index in [1.165, 1.54) is 5.57 Å². The minimum absolute atomic E-state index is 0.219. The van der Waals surface area contributed by atoms with Crippen molar-refractivity contribution in [1.29, 1.82) is 5.26 Å². The van der Waals surface area contributed by atoms with Gasteiger partial charge in [0, 0.05) is 5.57 Å². The number of hydrogen-bond acceptors (Lipinski definition) is 1. The van der Waals surface area contributed by atoms with Gasteiger partial charge in [-0.25, -0.2) is 0 Å². The molecule has 0 atom stereocenters. The lowest BCUT2D eigenvalue weighted by Gasteiger charge is -2.24. The summed E-state index contributed by atoms with van der Waals surface area (Å²) in [5, 5.41) is 8.71. The van der Waals surface area contributed by atoms with Crippen LogP contribution in [0, 0.1) is 16.7 Å². The zero-order chi connectivity index (χ0) is 9.19. The Bertz CT molecular complexity index is 268. The first-order chi connectivity index (χ1) is 5.54. The number of nitriles is 1. The maximum absolute atomic E-state index is 8.71. The fraction of sp³-hybridized carbons (Fsp3) is 0.545. The van der Waals surface area contributed by atoms with Crippen molar-refractivity contribution < 1.29 is 0 Å². The molecule has 0 spiro atoms. The van der Waals surface area contributed by atoms with Gasteiger partial charge in [-0.05, 0) is 24.3 Å². The topological polar surface area (TPSA) is 23.8 Å². The van der Waals surface area contributed by atoms with Gasteiger partial charge in [-0.1, -0.05) is 32.4 Å². The van der Waals surface area contributed by atoms with Gasteiger partial charge in [-0.3, -0.25) is 0 Å². The molecule has 1 nitrogen and oxygen atoms in total. The van der Waals surface area contributed by atoms with Crippen LogP contribution >= 0.6 is 0 Å². The minimum Gasteiger partial charge on any atom is -0.192 e. The first kappa shape index (κ1) is 9.06. The lowest BCUT2D eigenvalue weighted by molar-refractivity contribution is 0.481. The highest BCUT2D eigenvalue weighted by Crippen LogP contribution is 2.32. The predicted octanol–water partition coefficient (Wildman–Crippen LogP) is 3.20. The van der Waals surface area contributed by atoms with Crippen LogP contribution in [0.5, 0.6) is 0 Å². The molecule has 0 aromatic carbocycles. The summed E-state index contributed by atoms with van der Waals surface area (Å²) in [5.41, 5.74) is 2.43. The van der Waals surface area contributed by atoms with Crippen LogP contribution in [0.3, 0.4) is 0 Å². The van der Waals surface area contributed by atoms with E-state index in [1.54, 1.807) is 0 Å². The standard InChI is InChI=1S/C11H15N/c1-11(2,3)10-6-4-5-9(7-10)8-12/h5,7H,4,6H2,1-3H3. The molecule has 0 amide bonds. The molecule has 0 heterocycles. The van der Waals surface area contributed by atoms with Crippen molar-refractivity contribution in [2.45, 2.75) is 33.6 Å². The summed E-state index contributed by atoms with van der Waals surface area (Å²) in [4.78, 5) is 0. The minimum atomic E-state index is 0.219. The second kappa shape index (κ2) is 3.15. The van der Waals surface area contributed by atoms with E-state index in [0.29, 0.717) is 0 Å². The molecular weight excluding hydrogens is 146 g/mol. The third kappa shape index (κ3) is 1.98. The molecule has 0 aromatic heterocycles. The summed E-state index contributed by atoms with van der Waals surface area (Å²) in [6.07, 6.45) is 6.17.